The van der Waals surface area contributed by atoms with Crippen molar-refractivity contribution in [2.24, 2.45) is 0 Å². The van der Waals surface area contributed by atoms with E-state index in [1.165, 1.54) is 7.11 Å². The van der Waals surface area contributed by atoms with Crippen molar-refractivity contribution in [3.63, 3.8) is 0 Å². The molecule has 1 heterocycles. The standard InChI is InChI=1S/C18H16N2O4/c1-23-13-7-8-14-15(10-19-16(14)9-13)17(21)20-12-5-3-11(4-6-12)18(22)24-2/h3-10,19H,1-2H3,(H,20,21). The molecule has 2 aromatic carbocycles. The first-order valence-electron chi connectivity index (χ1n) is 7.27. The van der Waals surface area contributed by atoms with Gasteiger partial charge in [0.05, 0.1) is 25.3 Å². The predicted octanol–water partition coefficient (Wildman–Crippen LogP) is 3.22. The molecule has 0 bridgehead atoms. The number of H-pyrrole nitrogens is 1. The number of carbonyl (C=O) groups is 2. The smallest absolute Gasteiger partial charge is 0.337 e. The fourth-order valence-electron chi connectivity index (χ4n) is 2.43. The lowest BCUT2D eigenvalue weighted by atomic mass is 10.1. The average molecular weight is 324 g/mol. The number of benzene rings is 2. The first kappa shape index (κ1) is 15.6. The topological polar surface area (TPSA) is 80.4 Å². The van der Waals surface area contributed by atoms with Crippen molar-refractivity contribution in [3.8, 4) is 5.75 Å². The Kier molecular flexibility index (Phi) is 4.20. The quantitative estimate of drug-likeness (QED) is 0.722. The third-order valence-electron chi connectivity index (χ3n) is 3.70. The van der Waals surface area contributed by atoms with Crippen molar-refractivity contribution in [3.05, 3.63) is 59.8 Å². The Bertz CT molecular complexity index is 897. The fraction of sp³-hybridized carbons (Fsp3) is 0.111. The Hall–Kier alpha value is -3.28. The summed E-state index contributed by atoms with van der Waals surface area (Å²) in [7, 11) is 2.92. The average Bonchev–Trinajstić information content (AvgIpc) is 3.04. The van der Waals surface area contributed by atoms with Crippen LogP contribution in [-0.2, 0) is 4.74 Å². The second-order valence-corrected chi connectivity index (χ2v) is 5.14. The second-order valence-electron chi connectivity index (χ2n) is 5.14. The highest BCUT2D eigenvalue weighted by Gasteiger charge is 2.13. The van der Waals surface area contributed by atoms with E-state index < -0.39 is 5.97 Å². The maximum Gasteiger partial charge on any atom is 0.337 e. The first-order valence-corrected chi connectivity index (χ1v) is 7.27. The molecule has 0 aliphatic carbocycles. The molecule has 0 atom stereocenters. The van der Waals surface area contributed by atoms with Crippen molar-refractivity contribution < 1.29 is 19.1 Å². The van der Waals surface area contributed by atoms with E-state index in [1.807, 2.05) is 12.1 Å². The molecule has 0 saturated heterocycles. The van der Waals surface area contributed by atoms with Gasteiger partial charge < -0.3 is 19.8 Å². The molecule has 6 nitrogen and oxygen atoms in total. The third kappa shape index (κ3) is 2.94. The van der Waals surface area contributed by atoms with Crippen LogP contribution in [0.4, 0.5) is 5.69 Å². The van der Waals surface area contributed by atoms with E-state index >= 15 is 0 Å². The summed E-state index contributed by atoms with van der Waals surface area (Å²) in [4.78, 5) is 26.9. The van der Waals surface area contributed by atoms with Gasteiger partial charge >= 0.3 is 5.97 Å². The van der Waals surface area contributed by atoms with Gasteiger partial charge in [-0.3, -0.25) is 4.79 Å². The molecule has 0 aliphatic heterocycles. The van der Waals surface area contributed by atoms with E-state index in [0.717, 1.165) is 16.7 Å². The second kappa shape index (κ2) is 6.45. The van der Waals surface area contributed by atoms with Gasteiger partial charge in [-0.25, -0.2) is 4.79 Å². The van der Waals surface area contributed by atoms with E-state index in [4.69, 9.17) is 4.74 Å². The summed E-state index contributed by atoms with van der Waals surface area (Å²) in [6, 6.07) is 12.0. The highest BCUT2D eigenvalue weighted by atomic mass is 16.5. The van der Waals surface area contributed by atoms with Gasteiger partial charge in [-0.1, -0.05) is 0 Å². The van der Waals surface area contributed by atoms with Crippen molar-refractivity contribution >= 4 is 28.5 Å². The molecule has 1 aromatic heterocycles. The van der Waals surface area contributed by atoms with E-state index in [9.17, 15) is 9.59 Å². The molecular weight excluding hydrogens is 308 g/mol. The van der Waals surface area contributed by atoms with Crippen LogP contribution in [0.1, 0.15) is 20.7 Å². The van der Waals surface area contributed by atoms with Gasteiger partial charge in [0.15, 0.2) is 0 Å². The summed E-state index contributed by atoms with van der Waals surface area (Å²) in [5.41, 5.74) is 2.37. The van der Waals surface area contributed by atoms with Crippen molar-refractivity contribution in [2.45, 2.75) is 0 Å². The predicted molar refractivity (Wildman–Crippen MR) is 90.6 cm³/mol. The minimum atomic E-state index is -0.418. The van der Waals surface area contributed by atoms with Crippen LogP contribution in [0.3, 0.4) is 0 Å². The number of amides is 1. The molecule has 24 heavy (non-hydrogen) atoms. The van der Waals surface area contributed by atoms with Crippen molar-refractivity contribution in [1.29, 1.82) is 0 Å². The zero-order valence-electron chi connectivity index (χ0n) is 13.3. The summed E-state index contributed by atoms with van der Waals surface area (Å²) in [5.74, 6) is 0.0606. The summed E-state index contributed by atoms with van der Waals surface area (Å²) >= 11 is 0. The van der Waals surface area contributed by atoms with Crippen LogP contribution in [0.2, 0.25) is 0 Å². The molecule has 6 heteroatoms. The summed E-state index contributed by atoms with van der Waals surface area (Å²) in [6.07, 6.45) is 1.66. The normalized spacial score (nSPS) is 10.4. The Morgan fingerprint density at radius 3 is 2.46 bits per heavy atom. The number of hydrogen-bond acceptors (Lipinski definition) is 4. The zero-order chi connectivity index (χ0) is 17.1. The Morgan fingerprint density at radius 2 is 1.79 bits per heavy atom. The summed E-state index contributed by atoms with van der Waals surface area (Å²) < 4.78 is 9.81. The Balaban J connectivity index is 1.81. The molecule has 0 spiro atoms. The molecule has 0 saturated carbocycles. The number of aromatic amines is 1. The van der Waals surface area contributed by atoms with Crippen LogP contribution in [-0.4, -0.2) is 31.1 Å². The van der Waals surface area contributed by atoms with E-state index in [1.54, 1.807) is 43.6 Å². The van der Waals surface area contributed by atoms with Crippen LogP contribution < -0.4 is 10.1 Å². The number of nitrogens with one attached hydrogen (secondary N) is 2. The fourth-order valence-corrected chi connectivity index (χ4v) is 2.43. The van der Waals surface area contributed by atoms with E-state index in [2.05, 4.69) is 15.0 Å². The minimum Gasteiger partial charge on any atom is -0.497 e. The molecule has 0 fully saturated rings. The van der Waals surface area contributed by atoms with E-state index in [0.29, 0.717) is 16.8 Å². The molecule has 2 N–H and O–H groups in total. The number of carbonyl (C=O) groups excluding carboxylic acids is 2. The van der Waals surface area contributed by atoms with Crippen LogP contribution in [0.15, 0.2) is 48.7 Å². The van der Waals surface area contributed by atoms with Gasteiger partial charge in [-0.05, 0) is 36.4 Å². The van der Waals surface area contributed by atoms with Gasteiger partial charge in [0, 0.05) is 28.9 Å². The molecule has 3 rings (SSSR count). The van der Waals surface area contributed by atoms with Crippen LogP contribution in [0.25, 0.3) is 10.9 Å². The molecular formula is C18H16N2O4. The zero-order valence-corrected chi connectivity index (χ0v) is 13.3. The number of rotatable bonds is 4. The van der Waals surface area contributed by atoms with Gasteiger partial charge in [0.25, 0.3) is 5.91 Å². The highest BCUT2D eigenvalue weighted by Crippen LogP contribution is 2.24. The molecule has 3 aromatic rings. The summed E-state index contributed by atoms with van der Waals surface area (Å²) in [6.45, 7) is 0. The third-order valence-corrected chi connectivity index (χ3v) is 3.70. The van der Waals surface area contributed by atoms with Crippen molar-refractivity contribution in [1.82, 2.24) is 4.98 Å². The Labute approximate surface area is 138 Å². The van der Waals surface area contributed by atoms with Crippen molar-refractivity contribution in [2.75, 3.05) is 19.5 Å². The molecule has 0 unspecified atom stereocenters. The molecule has 122 valence electrons. The number of hydrogen-bond donors (Lipinski definition) is 2. The number of ether oxygens (including phenoxy) is 2. The number of esters is 1. The molecule has 0 radical (unpaired) electrons. The monoisotopic (exact) mass is 324 g/mol. The number of methoxy groups -OCH3 is 2. The van der Waals surface area contributed by atoms with Gasteiger partial charge in [-0.2, -0.15) is 0 Å². The lowest BCUT2D eigenvalue weighted by Crippen LogP contribution is -2.11. The maximum atomic E-state index is 12.5. The Morgan fingerprint density at radius 1 is 1.04 bits per heavy atom. The number of aromatic nitrogens is 1. The first-order chi connectivity index (χ1) is 11.6. The lowest BCUT2D eigenvalue weighted by molar-refractivity contribution is 0.0600. The van der Waals surface area contributed by atoms with Crippen LogP contribution in [0, 0.1) is 0 Å². The molecule has 0 aliphatic rings. The van der Waals surface area contributed by atoms with Gasteiger partial charge in [0.2, 0.25) is 0 Å². The SMILES string of the molecule is COC(=O)c1ccc(NC(=O)c2c[nH]c3cc(OC)ccc23)cc1. The molecule has 1 amide bonds. The number of anilines is 1. The maximum absolute atomic E-state index is 12.5. The van der Waals surface area contributed by atoms with E-state index in [-0.39, 0.29) is 5.91 Å². The lowest BCUT2D eigenvalue weighted by Gasteiger charge is -2.06. The highest BCUT2D eigenvalue weighted by molar-refractivity contribution is 6.13. The van der Waals surface area contributed by atoms with Gasteiger partial charge in [0.1, 0.15) is 5.75 Å². The number of fused-ring (bicyclic) bond motifs is 1. The summed E-state index contributed by atoms with van der Waals surface area (Å²) in [5, 5.41) is 3.61. The largest absolute Gasteiger partial charge is 0.497 e. The van der Waals surface area contributed by atoms with Crippen LogP contribution >= 0.6 is 0 Å². The van der Waals surface area contributed by atoms with Gasteiger partial charge in [-0.15, -0.1) is 0 Å². The van der Waals surface area contributed by atoms with Crippen LogP contribution in [0.5, 0.6) is 5.75 Å². The minimum absolute atomic E-state index is 0.239.